The Morgan fingerprint density at radius 3 is 2.69 bits per heavy atom. The van der Waals surface area contributed by atoms with Gasteiger partial charge in [-0.3, -0.25) is 0 Å². The number of nitrogens with one attached hydrogen (secondary N) is 1. The van der Waals surface area contributed by atoms with Crippen LogP contribution in [0.25, 0.3) is 16.8 Å². The van der Waals surface area contributed by atoms with E-state index in [0.717, 1.165) is 42.1 Å². The molecule has 0 spiro atoms. The summed E-state index contributed by atoms with van der Waals surface area (Å²) < 4.78 is 1.89. The Kier molecular flexibility index (Phi) is 4.59. The molecule has 0 bridgehead atoms. The number of fused-ring (bicyclic) bond motifs is 1. The van der Waals surface area contributed by atoms with Crippen LogP contribution in [0.5, 0.6) is 0 Å². The van der Waals surface area contributed by atoms with E-state index in [1.807, 2.05) is 29.0 Å². The first kappa shape index (κ1) is 17.3. The van der Waals surface area contributed by atoms with E-state index in [4.69, 9.17) is 16.6 Å². The van der Waals surface area contributed by atoms with Crippen LogP contribution in [0.4, 0.5) is 5.82 Å². The maximum absolute atomic E-state index is 6.46. The molecule has 136 valence electrons. The number of aryl methyl sites for hydroxylation is 1. The largest absolute Gasteiger partial charge is 0.353 e. The van der Waals surface area contributed by atoms with Crippen molar-refractivity contribution in [3.05, 3.63) is 47.2 Å². The molecule has 3 aromatic rings. The van der Waals surface area contributed by atoms with E-state index >= 15 is 0 Å². The molecule has 6 heteroatoms. The van der Waals surface area contributed by atoms with Gasteiger partial charge in [0.05, 0.1) is 17.4 Å². The number of nitrogens with zero attached hydrogens (tertiary/aromatic N) is 4. The lowest BCUT2D eigenvalue weighted by atomic mass is 10.1. The Morgan fingerprint density at radius 2 is 1.96 bits per heavy atom. The second-order valence-corrected chi connectivity index (χ2v) is 7.62. The molecule has 0 saturated carbocycles. The van der Waals surface area contributed by atoms with E-state index < -0.39 is 0 Å². The predicted octanol–water partition coefficient (Wildman–Crippen LogP) is 3.80. The van der Waals surface area contributed by atoms with Gasteiger partial charge in [0.25, 0.3) is 0 Å². The SMILES string of the molecule is CCc1ccn2ncc(-c3cc(Cl)cc(N4C[C@@H](C)N[C@@H](C)C4)n3)c2c1. The van der Waals surface area contributed by atoms with Crippen molar-refractivity contribution >= 4 is 22.9 Å². The number of hydrogen-bond donors (Lipinski definition) is 1. The molecule has 1 aliphatic heterocycles. The molecule has 0 unspecified atom stereocenters. The van der Waals surface area contributed by atoms with Crippen LogP contribution in [0.3, 0.4) is 0 Å². The van der Waals surface area contributed by atoms with Crippen LogP contribution >= 0.6 is 11.6 Å². The normalized spacial score (nSPS) is 20.7. The highest BCUT2D eigenvalue weighted by atomic mass is 35.5. The second kappa shape index (κ2) is 6.89. The zero-order chi connectivity index (χ0) is 18.3. The van der Waals surface area contributed by atoms with Crippen molar-refractivity contribution in [2.24, 2.45) is 0 Å². The molecule has 4 heterocycles. The van der Waals surface area contributed by atoms with E-state index in [1.54, 1.807) is 0 Å². The van der Waals surface area contributed by atoms with Crippen LogP contribution in [0.1, 0.15) is 26.3 Å². The Labute approximate surface area is 159 Å². The molecule has 0 radical (unpaired) electrons. The zero-order valence-corrected chi connectivity index (χ0v) is 16.2. The molecule has 0 amide bonds. The van der Waals surface area contributed by atoms with Gasteiger partial charge in [0.15, 0.2) is 0 Å². The first-order valence-electron chi connectivity index (χ1n) is 9.18. The summed E-state index contributed by atoms with van der Waals surface area (Å²) >= 11 is 6.46. The maximum atomic E-state index is 6.46. The molecule has 1 saturated heterocycles. The first-order valence-corrected chi connectivity index (χ1v) is 9.56. The van der Waals surface area contributed by atoms with Crippen LogP contribution in [-0.2, 0) is 6.42 Å². The van der Waals surface area contributed by atoms with Gasteiger partial charge >= 0.3 is 0 Å². The van der Waals surface area contributed by atoms with Gasteiger partial charge < -0.3 is 10.2 Å². The molecule has 5 nitrogen and oxygen atoms in total. The minimum Gasteiger partial charge on any atom is -0.353 e. The van der Waals surface area contributed by atoms with E-state index in [-0.39, 0.29) is 0 Å². The average molecular weight is 370 g/mol. The second-order valence-electron chi connectivity index (χ2n) is 7.18. The summed E-state index contributed by atoms with van der Waals surface area (Å²) in [6.45, 7) is 8.40. The third-order valence-electron chi connectivity index (χ3n) is 4.93. The van der Waals surface area contributed by atoms with Crippen molar-refractivity contribution in [2.75, 3.05) is 18.0 Å². The quantitative estimate of drug-likeness (QED) is 0.762. The summed E-state index contributed by atoms with van der Waals surface area (Å²) in [5.74, 6) is 0.929. The molecule has 2 atom stereocenters. The van der Waals surface area contributed by atoms with Crippen molar-refractivity contribution in [1.82, 2.24) is 19.9 Å². The number of piperazine rings is 1. The molecule has 1 N–H and O–H groups in total. The summed E-state index contributed by atoms with van der Waals surface area (Å²) in [6.07, 6.45) is 4.87. The summed E-state index contributed by atoms with van der Waals surface area (Å²) in [6, 6.07) is 9.01. The summed E-state index contributed by atoms with van der Waals surface area (Å²) in [4.78, 5) is 7.24. The van der Waals surface area contributed by atoms with Crippen molar-refractivity contribution in [1.29, 1.82) is 0 Å². The highest BCUT2D eigenvalue weighted by molar-refractivity contribution is 6.31. The topological polar surface area (TPSA) is 45.5 Å². The third kappa shape index (κ3) is 3.29. The number of halogens is 1. The molecule has 4 rings (SSSR count). The summed E-state index contributed by atoms with van der Waals surface area (Å²) in [5, 5.41) is 8.74. The van der Waals surface area contributed by atoms with Crippen molar-refractivity contribution in [2.45, 2.75) is 39.3 Å². The molecular formula is C20H24ClN5. The van der Waals surface area contributed by atoms with Crippen LogP contribution in [0.2, 0.25) is 5.02 Å². The lowest BCUT2D eigenvalue weighted by Crippen LogP contribution is -2.54. The van der Waals surface area contributed by atoms with Crippen molar-refractivity contribution in [3.63, 3.8) is 0 Å². The van der Waals surface area contributed by atoms with Gasteiger partial charge in [0.1, 0.15) is 5.82 Å². The number of rotatable bonds is 3. The van der Waals surface area contributed by atoms with Gasteiger partial charge in [-0.05, 0) is 50.1 Å². The van der Waals surface area contributed by atoms with Crippen LogP contribution in [-0.4, -0.2) is 39.8 Å². The molecular weight excluding hydrogens is 346 g/mol. The van der Waals surface area contributed by atoms with Gasteiger partial charge in [0.2, 0.25) is 0 Å². The van der Waals surface area contributed by atoms with Gasteiger partial charge in [-0.1, -0.05) is 18.5 Å². The number of anilines is 1. The third-order valence-corrected chi connectivity index (χ3v) is 5.15. The van der Waals surface area contributed by atoms with Crippen molar-refractivity contribution < 1.29 is 0 Å². The zero-order valence-electron chi connectivity index (χ0n) is 15.4. The Hall–Kier alpha value is -2.11. The number of aromatic nitrogens is 3. The standard InChI is InChI=1S/C20H24ClN5/c1-4-15-5-6-26-19(7-15)17(10-22-26)18-8-16(21)9-20(24-18)25-11-13(2)23-14(3)12-25/h5-10,13-14,23H,4,11-12H2,1-3H3/t13-,14+. The van der Waals surface area contributed by atoms with Crippen LogP contribution in [0, 0.1) is 0 Å². The van der Waals surface area contributed by atoms with Crippen LogP contribution < -0.4 is 10.2 Å². The molecule has 1 aliphatic rings. The van der Waals surface area contributed by atoms with Gasteiger partial charge in [-0.25, -0.2) is 9.50 Å². The average Bonchev–Trinajstić information content (AvgIpc) is 3.03. The smallest absolute Gasteiger partial charge is 0.130 e. The van der Waals surface area contributed by atoms with Gasteiger partial charge in [-0.2, -0.15) is 5.10 Å². The van der Waals surface area contributed by atoms with Gasteiger partial charge in [0, 0.05) is 42.0 Å². The molecule has 0 aromatic carbocycles. The Balaban J connectivity index is 1.77. The molecule has 0 aliphatic carbocycles. The van der Waals surface area contributed by atoms with E-state index in [9.17, 15) is 0 Å². The minimum atomic E-state index is 0.423. The fourth-order valence-corrected chi connectivity index (χ4v) is 3.94. The summed E-state index contributed by atoms with van der Waals surface area (Å²) in [7, 11) is 0. The number of hydrogen-bond acceptors (Lipinski definition) is 4. The van der Waals surface area contributed by atoms with Crippen LogP contribution in [0.15, 0.2) is 36.7 Å². The van der Waals surface area contributed by atoms with Crippen molar-refractivity contribution in [3.8, 4) is 11.3 Å². The highest BCUT2D eigenvalue weighted by Gasteiger charge is 2.23. The highest BCUT2D eigenvalue weighted by Crippen LogP contribution is 2.29. The molecule has 26 heavy (non-hydrogen) atoms. The van der Waals surface area contributed by atoms with E-state index in [0.29, 0.717) is 17.1 Å². The minimum absolute atomic E-state index is 0.423. The predicted molar refractivity (Wildman–Crippen MR) is 107 cm³/mol. The fourth-order valence-electron chi connectivity index (χ4n) is 3.74. The Morgan fingerprint density at radius 1 is 1.19 bits per heavy atom. The summed E-state index contributed by atoms with van der Waals surface area (Å²) in [5.41, 5.74) is 4.23. The lowest BCUT2D eigenvalue weighted by molar-refractivity contribution is 0.405. The maximum Gasteiger partial charge on any atom is 0.130 e. The first-order chi connectivity index (χ1) is 12.5. The Bertz CT molecular complexity index is 925. The lowest BCUT2D eigenvalue weighted by Gasteiger charge is -2.37. The number of pyridine rings is 2. The monoisotopic (exact) mass is 369 g/mol. The van der Waals surface area contributed by atoms with E-state index in [1.165, 1.54) is 5.56 Å². The molecule has 3 aromatic heterocycles. The molecule has 1 fully saturated rings. The van der Waals surface area contributed by atoms with E-state index in [2.05, 4.69) is 48.2 Å². The fraction of sp³-hybridized carbons (Fsp3) is 0.400. The van der Waals surface area contributed by atoms with Gasteiger partial charge in [-0.15, -0.1) is 0 Å².